The van der Waals surface area contributed by atoms with E-state index in [9.17, 15) is 4.79 Å². The van der Waals surface area contributed by atoms with Crippen molar-refractivity contribution < 1.29 is 4.79 Å². The van der Waals surface area contributed by atoms with E-state index in [-0.39, 0.29) is 5.91 Å². The molecule has 1 aliphatic rings. The van der Waals surface area contributed by atoms with Gasteiger partial charge in [-0.1, -0.05) is 31.4 Å². The molecule has 0 radical (unpaired) electrons. The van der Waals surface area contributed by atoms with Crippen molar-refractivity contribution in [3.8, 4) is 0 Å². The molecule has 0 saturated heterocycles. The molecule has 0 unspecified atom stereocenters. The first-order chi connectivity index (χ1) is 11.3. The van der Waals surface area contributed by atoms with E-state index >= 15 is 0 Å². The summed E-state index contributed by atoms with van der Waals surface area (Å²) in [5.74, 6) is -0.0833. The number of carbonyl (C=O) groups excluding carboxylic acids is 1. The van der Waals surface area contributed by atoms with Crippen molar-refractivity contribution in [2.75, 3.05) is 18.4 Å². The molecule has 4 heteroatoms. The number of nitrogens with one attached hydrogen (secondary N) is 2. The van der Waals surface area contributed by atoms with Crippen molar-refractivity contribution in [2.24, 2.45) is 0 Å². The first-order valence-corrected chi connectivity index (χ1v) is 8.95. The Morgan fingerprint density at radius 3 is 2.83 bits per heavy atom. The van der Waals surface area contributed by atoms with E-state index in [0.29, 0.717) is 5.69 Å². The molecule has 0 fully saturated rings. The largest absolute Gasteiger partial charge is 0.383 e. The lowest BCUT2D eigenvalue weighted by Crippen LogP contribution is -2.25. The molecule has 0 bridgehead atoms. The molecule has 1 aliphatic carbocycles. The second-order valence-electron chi connectivity index (χ2n) is 6.18. The van der Waals surface area contributed by atoms with Crippen LogP contribution in [0.25, 0.3) is 0 Å². The summed E-state index contributed by atoms with van der Waals surface area (Å²) in [4.78, 5) is 16.2. The van der Waals surface area contributed by atoms with Crippen LogP contribution in [0.3, 0.4) is 0 Å². The third kappa shape index (κ3) is 6.43. The summed E-state index contributed by atoms with van der Waals surface area (Å²) in [6.45, 7) is 3.81. The minimum atomic E-state index is -0.0833. The average Bonchev–Trinajstić information content (AvgIpc) is 2.60. The highest BCUT2D eigenvalue weighted by atomic mass is 16.1. The number of hydrogen-bond donors (Lipinski definition) is 2. The maximum absolute atomic E-state index is 11.9. The summed E-state index contributed by atoms with van der Waals surface area (Å²) in [6, 6.07) is 3.72. The van der Waals surface area contributed by atoms with Gasteiger partial charge in [0.2, 0.25) is 0 Å². The van der Waals surface area contributed by atoms with Crippen LogP contribution in [0.4, 0.5) is 5.69 Å². The van der Waals surface area contributed by atoms with Crippen LogP contribution in [-0.4, -0.2) is 24.0 Å². The number of aromatic nitrogens is 1. The van der Waals surface area contributed by atoms with Gasteiger partial charge in [0.05, 0.1) is 11.9 Å². The first-order valence-electron chi connectivity index (χ1n) is 8.95. The normalized spacial score (nSPS) is 14.2. The lowest BCUT2D eigenvalue weighted by molar-refractivity contribution is 0.0948. The van der Waals surface area contributed by atoms with Gasteiger partial charge >= 0.3 is 0 Å². The standard InChI is InChI=1S/C19H29N3O/c1-2-3-7-13-21-19(23)18-11-10-17(15-22-18)20-14-12-16-8-5-4-6-9-16/h8,10-11,15,20H,2-7,9,12-14H2,1H3,(H,21,23). The Kier molecular flexibility index (Phi) is 7.64. The van der Waals surface area contributed by atoms with Crippen molar-refractivity contribution in [3.05, 3.63) is 35.7 Å². The Morgan fingerprint density at radius 2 is 2.13 bits per heavy atom. The number of anilines is 1. The molecule has 4 nitrogen and oxygen atoms in total. The summed E-state index contributed by atoms with van der Waals surface area (Å²) in [5.41, 5.74) is 3.03. The van der Waals surface area contributed by atoms with Crippen LogP contribution >= 0.6 is 0 Å². The molecule has 23 heavy (non-hydrogen) atoms. The molecule has 0 aromatic carbocycles. The predicted molar refractivity (Wildman–Crippen MR) is 95.8 cm³/mol. The minimum absolute atomic E-state index is 0.0833. The predicted octanol–water partition coefficient (Wildman–Crippen LogP) is 4.30. The summed E-state index contributed by atoms with van der Waals surface area (Å²) in [7, 11) is 0. The topological polar surface area (TPSA) is 54.0 Å². The smallest absolute Gasteiger partial charge is 0.269 e. The fourth-order valence-corrected chi connectivity index (χ4v) is 2.80. The lowest BCUT2D eigenvalue weighted by atomic mass is 9.97. The molecule has 2 rings (SSSR count). The monoisotopic (exact) mass is 315 g/mol. The Labute approximate surface area is 139 Å². The second-order valence-corrected chi connectivity index (χ2v) is 6.18. The highest BCUT2D eigenvalue weighted by Crippen LogP contribution is 2.20. The molecular weight excluding hydrogens is 286 g/mol. The number of amides is 1. The fourth-order valence-electron chi connectivity index (χ4n) is 2.80. The number of hydrogen-bond acceptors (Lipinski definition) is 3. The highest BCUT2D eigenvalue weighted by Gasteiger charge is 2.06. The van der Waals surface area contributed by atoms with Crippen LogP contribution in [0, 0.1) is 0 Å². The van der Waals surface area contributed by atoms with Gasteiger partial charge in [0.15, 0.2) is 0 Å². The molecule has 1 aromatic rings. The van der Waals surface area contributed by atoms with Crippen molar-refractivity contribution in [1.82, 2.24) is 10.3 Å². The summed E-state index contributed by atoms with van der Waals surface area (Å²) in [6.07, 6.45) is 13.7. The van der Waals surface area contributed by atoms with E-state index in [4.69, 9.17) is 0 Å². The maximum atomic E-state index is 11.9. The van der Waals surface area contributed by atoms with Gasteiger partial charge in [-0.05, 0) is 50.7 Å². The molecule has 1 amide bonds. The maximum Gasteiger partial charge on any atom is 0.269 e. The van der Waals surface area contributed by atoms with Crippen LogP contribution < -0.4 is 10.6 Å². The lowest BCUT2D eigenvalue weighted by Gasteiger charge is -2.13. The van der Waals surface area contributed by atoms with Gasteiger partial charge in [-0.25, -0.2) is 4.98 Å². The van der Waals surface area contributed by atoms with Gasteiger partial charge < -0.3 is 10.6 Å². The van der Waals surface area contributed by atoms with Gasteiger partial charge in [0.25, 0.3) is 5.91 Å². The van der Waals surface area contributed by atoms with Crippen LogP contribution in [0.2, 0.25) is 0 Å². The first kappa shape index (κ1) is 17.5. The minimum Gasteiger partial charge on any atom is -0.383 e. The molecule has 1 aromatic heterocycles. The number of allylic oxidation sites excluding steroid dienone is 1. The highest BCUT2D eigenvalue weighted by molar-refractivity contribution is 5.92. The van der Waals surface area contributed by atoms with Crippen LogP contribution in [0.5, 0.6) is 0 Å². The van der Waals surface area contributed by atoms with Gasteiger partial charge in [0, 0.05) is 13.1 Å². The molecular formula is C19H29N3O. The van der Waals surface area contributed by atoms with Crippen molar-refractivity contribution in [2.45, 2.75) is 58.3 Å². The van der Waals surface area contributed by atoms with E-state index in [1.807, 2.05) is 6.07 Å². The van der Waals surface area contributed by atoms with Gasteiger partial charge in [-0.3, -0.25) is 4.79 Å². The van der Waals surface area contributed by atoms with E-state index in [0.717, 1.165) is 44.5 Å². The molecule has 126 valence electrons. The van der Waals surface area contributed by atoms with Crippen LogP contribution in [-0.2, 0) is 0 Å². The second kappa shape index (κ2) is 10.0. The van der Waals surface area contributed by atoms with E-state index in [1.54, 1.807) is 17.8 Å². The van der Waals surface area contributed by atoms with Crippen molar-refractivity contribution in [1.29, 1.82) is 0 Å². The van der Waals surface area contributed by atoms with Crippen molar-refractivity contribution in [3.63, 3.8) is 0 Å². The Morgan fingerprint density at radius 1 is 1.22 bits per heavy atom. The number of unbranched alkanes of at least 4 members (excludes halogenated alkanes) is 2. The van der Waals surface area contributed by atoms with E-state index < -0.39 is 0 Å². The van der Waals surface area contributed by atoms with E-state index in [2.05, 4.69) is 28.6 Å². The quantitative estimate of drug-likeness (QED) is 0.527. The van der Waals surface area contributed by atoms with Gasteiger partial charge in [0.1, 0.15) is 5.69 Å². The molecule has 0 spiro atoms. The third-order valence-electron chi connectivity index (χ3n) is 4.22. The summed E-state index contributed by atoms with van der Waals surface area (Å²) in [5, 5.41) is 6.29. The molecule has 0 saturated carbocycles. The Bertz CT molecular complexity index is 508. The third-order valence-corrected chi connectivity index (χ3v) is 4.22. The zero-order chi connectivity index (χ0) is 16.3. The molecule has 1 heterocycles. The number of rotatable bonds is 9. The van der Waals surface area contributed by atoms with Crippen molar-refractivity contribution >= 4 is 11.6 Å². The zero-order valence-corrected chi connectivity index (χ0v) is 14.2. The molecule has 2 N–H and O–H groups in total. The zero-order valence-electron chi connectivity index (χ0n) is 14.2. The van der Waals surface area contributed by atoms with Gasteiger partial charge in [-0.15, -0.1) is 0 Å². The Balaban J connectivity index is 1.71. The van der Waals surface area contributed by atoms with E-state index in [1.165, 1.54) is 25.7 Å². The summed E-state index contributed by atoms with van der Waals surface area (Å²) < 4.78 is 0. The number of nitrogens with zero attached hydrogens (tertiary/aromatic N) is 1. The fraction of sp³-hybridized carbons (Fsp3) is 0.579. The number of carbonyl (C=O) groups is 1. The Hall–Kier alpha value is -1.84. The number of pyridine rings is 1. The summed E-state index contributed by atoms with van der Waals surface area (Å²) >= 11 is 0. The SMILES string of the molecule is CCCCCNC(=O)c1ccc(NCCC2=CCCCC2)cn1. The van der Waals surface area contributed by atoms with Crippen LogP contribution in [0.15, 0.2) is 30.0 Å². The average molecular weight is 315 g/mol. The van der Waals surface area contributed by atoms with Crippen LogP contribution in [0.1, 0.15) is 68.8 Å². The van der Waals surface area contributed by atoms with Gasteiger partial charge in [-0.2, -0.15) is 0 Å². The molecule has 0 aliphatic heterocycles. The molecule has 0 atom stereocenters.